The summed E-state index contributed by atoms with van der Waals surface area (Å²) in [7, 11) is 1.56. The Morgan fingerprint density at radius 2 is 1.83 bits per heavy atom. The molecule has 0 bridgehead atoms. The van der Waals surface area contributed by atoms with Gasteiger partial charge < -0.3 is 20.1 Å². The average molecular weight is 609 g/mol. The number of carbonyl (C=O) groups excluding carboxylic acids is 3. The molecule has 1 heterocycles. The first-order valence-corrected chi connectivity index (χ1v) is 16.1. The van der Waals surface area contributed by atoms with Crippen molar-refractivity contribution in [2.24, 2.45) is 11.3 Å². The highest BCUT2D eigenvalue weighted by molar-refractivity contribution is 8.00. The molecule has 2 N–H and O–H groups in total. The van der Waals surface area contributed by atoms with Crippen LogP contribution in [0.5, 0.6) is 5.75 Å². The number of rotatable bonds is 10. The fourth-order valence-electron chi connectivity index (χ4n) is 5.13. The summed E-state index contributed by atoms with van der Waals surface area (Å²) in [5.74, 6) is 0.334. The molecular weight excluding hydrogens is 569 g/mol. The van der Waals surface area contributed by atoms with Gasteiger partial charge >= 0.3 is 5.97 Å². The highest BCUT2D eigenvalue weighted by Gasteiger charge is 2.35. The van der Waals surface area contributed by atoms with Gasteiger partial charge in [-0.05, 0) is 85.9 Å². The SMILES string of the molecule is CCOC(=O)c1c(NC(=O)C(CC)Sc2cccc(NC(=O)c3cccc(OC)c3)c2)sc2c1CCC(C(C)(C)C)C2. The van der Waals surface area contributed by atoms with Crippen molar-refractivity contribution >= 4 is 51.6 Å². The fourth-order valence-corrected chi connectivity index (χ4v) is 7.46. The van der Waals surface area contributed by atoms with Crippen LogP contribution >= 0.6 is 23.1 Å². The Kier molecular flexibility index (Phi) is 10.4. The van der Waals surface area contributed by atoms with E-state index in [1.165, 1.54) is 28.0 Å². The Balaban J connectivity index is 1.50. The van der Waals surface area contributed by atoms with E-state index >= 15 is 0 Å². The molecule has 7 nitrogen and oxygen atoms in total. The molecule has 2 amide bonds. The molecule has 0 fully saturated rings. The summed E-state index contributed by atoms with van der Waals surface area (Å²) in [5, 5.41) is 6.20. The first kappa shape index (κ1) is 31.6. The Bertz CT molecular complexity index is 1440. The average Bonchev–Trinajstić information content (AvgIpc) is 3.32. The number of hydrogen-bond donors (Lipinski definition) is 2. The van der Waals surface area contributed by atoms with Crippen LogP contribution in [0, 0.1) is 11.3 Å². The molecule has 2 atom stereocenters. The lowest BCUT2D eigenvalue weighted by Crippen LogP contribution is -2.27. The third kappa shape index (κ3) is 7.55. The van der Waals surface area contributed by atoms with Crippen LogP contribution in [0.25, 0.3) is 0 Å². The van der Waals surface area contributed by atoms with E-state index in [4.69, 9.17) is 9.47 Å². The number of thiophene rings is 1. The van der Waals surface area contributed by atoms with E-state index in [2.05, 4.69) is 31.4 Å². The number of amides is 2. The molecule has 0 aliphatic heterocycles. The molecular formula is C33H40N2O5S2. The van der Waals surface area contributed by atoms with Gasteiger partial charge in [0.25, 0.3) is 5.91 Å². The van der Waals surface area contributed by atoms with Crippen LogP contribution < -0.4 is 15.4 Å². The van der Waals surface area contributed by atoms with Gasteiger partial charge in [0.2, 0.25) is 5.91 Å². The van der Waals surface area contributed by atoms with Gasteiger partial charge in [0.1, 0.15) is 10.8 Å². The zero-order valence-electron chi connectivity index (χ0n) is 25.2. The third-order valence-electron chi connectivity index (χ3n) is 7.57. The number of carbonyl (C=O) groups is 3. The predicted octanol–water partition coefficient (Wildman–Crippen LogP) is 7.85. The summed E-state index contributed by atoms with van der Waals surface area (Å²) in [5.41, 5.74) is 2.82. The van der Waals surface area contributed by atoms with Crippen molar-refractivity contribution in [1.82, 2.24) is 0 Å². The Morgan fingerprint density at radius 3 is 2.52 bits per heavy atom. The van der Waals surface area contributed by atoms with Crippen molar-refractivity contribution < 1.29 is 23.9 Å². The Hall–Kier alpha value is -3.30. The lowest BCUT2D eigenvalue weighted by atomic mass is 9.72. The molecule has 9 heteroatoms. The summed E-state index contributed by atoms with van der Waals surface area (Å²) in [4.78, 5) is 41.4. The summed E-state index contributed by atoms with van der Waals surface area (Å²) < 4.78 is 10.6. The van der Waals surface area contributed by atoms with Crippen molar-refractivity contribution in [3.63, 3.8) is 0 Å². The molecule has 42 heavy (non-hydrogen) atoms. The van der Waals surface area contributed by atoms with E-state index in [0.29, 0.717) is 39.9 Å². The second kappa shape index (κ2) is 13.8. The molecule has 1 aliphatic rings. The molecule has 0 saturated carbocycles. The monoisotopic (exact) mass is 608 g/mol. The number of methoxy groups -OCH3 is 1. The van der Waals surface area contributed by atoms with Crippen LogP contribution in [-0.2, 0) is 22.4 Å². The van der Waals surface area contributed by atoms with E-state index in [0.717, 1.165) is 29.7 Å². The molecule has 224 valence electrons. The van der Waals surface area contributed by atoms with Crippen LogP contribution in [0.15, 0.2) is 53.4 Å². The third-order valence-corrected chi connectivity index (χ3v) is 10.1. The van der Waals surface area contributed by atoms with E-state index in [1.54, 1.807) is 38.3 Å². The number of esters is 1. The Labute approximate surface area is 256 Å². The van der Waals surface area contributed by atoms with Crippen LogP contribution in [-0.4, -0.2) is 36.8 Å². The molecule has 0 radical (unpaired) electrons. The van der Waals surface area contributed by atoms with E-state index in [1.807, 2.05) is 31.2 Å². The molecule has 1 aromatic heterocycles. The minimum atomic E-state index is -0.397. The van der Waals surface area contributed by atoms with E-state index < -0.39 is 5.25 Å². The number of fused-ring (bicyclic) bond motifs is 1. The summed E-state index contributed by atoms with van der Waals surface area (Å²) in [6.07, 6.45) is 3.29. The second-order valence-electron chi connectivity index (χ2n) is 11.5. The number of thioether (sulfide) groups is 1. The van der Waals surface area contributed by atoms with Gasteiger partial charge in [0, 0.05) is 21.0 Å². The Morgan fingerprint density at radius 1 is 1.07 bits per heavy atom. The van der Waals surface area contributed by atoms with Crippen molar-refractivity contribution in [2.45, 2.75) is 70.4 Å². The quantitative estimate of drug-likeness (QED) is 0.180. The first-order chi connectivity index (χ1) is 20.0. The van der Waals surface area contributed by atoms with E-state index in [-0.39, 0.29) is 29.8 Å². The molecule has 2 unspecified atom stereocenters. The summed E-state index contributed by atoms with van der Waals surface area (Å²) in [6.45, 7) is 10.8. The van der Waals surface area contributed by atoms with Crippen molar-refractivity contribution in [3.8, 4) is 5.75 Å². The van der Waals surface area contributed by atoms with Crippen LogP contribution in [0.4, 0.5) is 10.7 Å². The van der Waals surface area contributed by atoms with Gasteiger partial charge in [-0.15, -0.1) is 23.1 Å². The van der Waals surface area contributed by atoms with Crippen LogP contribution in [0.3, 0.4) is 0 Å². The number of ether oxygens (including phenoxy) is 2. The number of nitrogens with one attached hydrogen (secondary N) is 2. The van der Waals surface area contributed by atoms with Crippen LogP contribution in [0.1, 0.15) is 78.6 Å². The van der Waals surface area contributed by atoms with Gasteiger partial charge in [0.05, 0.1) is 24.5 Å². The normalized spacial score (nSPS) is 15.3. The standard InChI is InChI=1S/C33H40N2O5S2/c1-7-26(41-24-14-10-12-22(19-24)34-29(36)20-11-9-13-23(17-20)39-6)30(37)35-31-28(32(38)40-8-2)25-16-15-21(33(3,4)5)18-27(25)42-31/h9-14,17,19,21,26H,7-8,15-16,18H2,1-6H3,(H,34,36)(H,35,37). The molecule has 1 aliphatic carbocycles. The lowest BCUT2D eigenvalue weighted by Gasteiger charge is -2.33. The maximum absolute atomic E-state index is 13.6. The van der Waals surface area contributed by atoms with Crippen LogP contribution in [0.2, 0.25) is 0 Å². The zero-order chi connectivity index (χ0) is 30.4. The zero-order valence-corrected chi connectivity index (χ0v) is 26.8. The second-order valence-corrected chi connectivity index (χ2v) is 13.8. The maximum atomic E-state index is 13.6. The van der Waals surface area contributed by atoms with Gasteiger partial charge in [-0.3, -0.25) is 9.59 Å². The molecule has 3 aromatic rings. The summed E-state index contributed by atoms with van der Waals surface area (Å²) >= 11 is 2.94. The fraction of sp³-hybridized carbons (Fsp3) is 0.424. The molecule has 2 aromatic carbocycles. The van der Waals surface area contributed by atoms with Gasteiger partial charge in [-0.25, -0.2) is 4.79 Å². The number of anilines is 2. The largest absolute Gasteiger partial charge is 0.497 e. The molecule has 4 rings (SSSR count). The molecule has 0 saturated heterocycles. The topological polar surface area (TPSA) is 93.7 Å². The van der Waals surface area contributed by atoms with Crippen molar-refractivity contribution in [1.29, 1.82) is 0 Å². The minimum Gasteiger partial charge on any atom is -0.497 e. The number of benzene rings is 2. The van der Waals surface area contributed by atoms with Crippen molar-refractivity contribution in [2.75, 3.05) is 24.4 Å². The smallest absolute Gasteiger partial charge is 0.341 e. The lowest BCUT2D eigenvalue weighted by molar-refractivity contribution is -0.115. The maximum Gasteiger partial charge on any atom is 0.341 e. The van der Waals surface area contributed by atoms with Gasteiger partial charge in [0.15, 0.2) is 0 Å². The minimum absolute atomic E-state index is 0.162. The number of hydrogen-bond acceptors (Lipinski definition) is 7. The highest BCUT2D eigenvalue weighted by Crippen LogP contribution is 2.45. The van der Waals surface area contributed by atoms with Gasteiger partial charge in [-0.2, -0.15) is 0 Å². The first-order valence-electron chi connectivity index (χ1n) is 14.4. The summed E-state index contributed by atoms with van der Waals surface area (Å²) in [6, 6.07) is 14.4. The predicted molar refractivity (Wildman–Crippen MR) is 171 cm³/mol. The van der Waals surface area contributed by atoms with Gasteiger partial charge in [-0.1, -0.05) is 39.8 Å². The highest BCUT2D eigenvalue weighted by atomic mass is 32.2. The molecule has 0 spiro atoms. The van der Waals surface area contributed by atoms with Crippen molar-refractivity contribution in [3.05, 3.63) is 70.1 Å². The van der Waals surface area contributed by atoms with E-state index in [9.17, 15) is 14.4 Å².